The molecule has 1 fully saturated rings. The molecule has 0 spiro atoms. The molecule has 116 valence electrons. The average Bonchev–Trinajstić information content (AvgIpc) is 2.83. The van der Waals surface area contributed by atoms with Crippen LogP contribution in [-0.2, 0) is 25.4 Å². The summed E-state index contributed by atoms with van der Waals surface area (Å²) in [4.78, 5) is 11.4. The highest BCUT2D eigenvalue weighted by molar-refractivity contribution is 5.77. The number of nitrogens with two attached hydrogens (primary N) is 1. The number of hydrogen-bond acceptors (Lipinski definition) is 5. The third-order valence-electron chi connectivity index (χ3n) is 3.62. The van der Waals surface area contributed by atoms with Crippen molar-refractivity contribution in [1.29, 1.82) is 0 Å². The van der Waals surface area contributed by atoms with Gasteiger partial charge in [0.15, 0.2) is 5.79 Å². The third-order valence-corrected chi connectivity index (χ3v) is 3.62. The molecule has 2 N–H and O–H groups in total. The van der Waals surface area contributed by atoms with Crippen LogP contribution in [0.4, 0.5) is 0 Å². The summed E-state index contributed by atoms with van der Waals surface area (Å²) in [6.07, 6.45) is 1.95. The second-order valence-corrected chi connectivity index (χ2v) is 5.73. The summed E-state index contributed by atoms with van der Waals surface area (Å²) in [5.74, 6) is -0.900. The molecule has 5 nitrogen and oxygen atoms in total. The topological polar surface area (TPSA) is 70.8 Å². The average molecular weight is 293 g/mol. The van der Waals surface area contributed by atoms with Crippen molar-refractivity contribution >= 4 is 5.97 Å². The Balaban J connectivity index is 1.87. The SMILES string of the molecule is COC(=O)[C@@H](N)c1ccc(CCC2COC(C)(C)O2)cc1. The molecule has 0 aromatic heterocycles. The van der Waals surface area contributed by atoms with E-state index in [1.165, 1.54) is 12.7 Å². The van der Waals surface area contributed by atoms with E-state index in [9.17, 15) is 4.79 Å². The van der Waals surface area contributed by atoms with E-state index in [4.69, 9.17) is 15.2 Å². The van der Waals surface area contributed by atoms with E-state index in [0.717, 1.165) is 18.4 Å². The first-order chi connectivity index (χ1) is 9.91. The molecular formula is C16H23NO4. The van der Waals surface area contributed by atoms with Crippen LogP contribution < -0.4 is 5.73 Å². The molecular weight excluding hydrogens is 270 g/mol. The third kappa shape index (κ3) is 4.27. The van der Waals surface area contributed by atoms with Gasteiger partial charge in [-0.15, -0.1) is 0 Å². The highest BCUT2D eigenvalue weighted by Crippen LogP contribution is 2.25. The quantitative estimate of drug-likeness (QED) is 0.840. The van der Waals surface area contributed by atoms with Crippen LogP contribution in [0.2, 0.25) is 0 Å². The first kappa shape index (κ1) is 15.9. The zero-order valence-corrected chi connectivity index (χ0v) is 12.8. The van der Waals surface area contributed by atoms with Crippen molar-refractivity contribution in [3.63, 3.8) is 0 Å². The lowest BCUT2D eigenvalue weighted by Crippen LogP contribution is -2.22. The Morgan fingerprint density at radius 1 is 1.43 bits per heavy atom. The highest BCUT2D eigenvalue weighted by Gasteiger charge is 2.32. The Labute approximate surface area is 125 Å². The zero-order chi connectivity index (χ0) is 15.5. The summed E-state index contributed by atoms with van der Waals surface area (Å²) >= 11 is 0. The number of methoxy groups -OCH3 is 1. The maximum atomic E-state index is 11.4. The monoisotopic (exact) mass is 293 g/mol. The lowest BCUT2D eigenvalue weighted by Gasteiger charge is -2.17. The van der Waals surface area contributed by atoms with Crippen molar-refractivity contribution in [2.24, 2.45) is 5.73 Å². The molecule has 1 unspecified atom stereocenters. The van der Waals surface area contributed by atoms with Crippen molar-refractivity contribution in [2.45, 2.75) is 44.6 Å². The van der Waals surface area contributed by atoms with Crippen LogP contribution in [0.1, 0.15) is 37.4 Å². The molecule has 1 aliphatic heterocycles. The van der Waals surface area contributed by atoms with Gasteiger partial charge in [0.2, 0.25) is 0 Å². The maximum Gasteiger partial charge on any atom is 0.327 e. The number of hydrogen-bond donors (Lipinski definition) is 1. The van der Waals surface area contributed by atoms with E-state index in [1.807, 2.05) is 38.1 Å². The van der Waals surface area contributed by atoms with Gasteiger partial charge >= 0.3 is 5.97 Å². The van der Waals surface area contributed by atoms with Crippen LogP contribution in [-0.4, -0.2) is 31.6 Å². The fraction of sp³-hybridized carbons (Fsp3) is 0.562. The Bertz CT molecular complexity index is 484. The van der Waals surface area contributed by atoms with Gasteiger partial charge < -0.3 is 19.9 Å². The molecule has 1 aliphatic rings. The minimum Gasteiger partial charge on any atom is -0.468 e. The summed E-state index contributed by atoms with van der Waals surface area (Å²) in [5, 5.41) is 0. The Hall–Kier alpha value is -1.43. The van der Waals surface area contributed by atoms with Gasteiger partial charge in [-0.05, 0) is 37.8 Å². The summed E-state index contributed by atoms with van der Waals surface area (Å²) < 4.78 is 16.0. The molecule has 0 saturated carbocycles. The Morgan fingerprint density at radius 3 is 2.62 bits per heavy atom. The molecule has 0 radical (unpaired) electrons. The highest BCUT2D eigenvalue weighted by atomic mass is 16.7. The van der Waals surface area contributed by atoms with Crippen LogP contribution in [0.15, 0.2) is 24.3 Å². The zero-order valence-electron chi connectivity index (χ0n) is 12.8. The van der Waals surface area contributed by atoms with Gasteiger partial charge in [0.05, 0.1) is 19.8 Å². The second-order valence-electron chi connectivity index (χ2n) is 5.73. The summed E-state index contributed by atoms with van der Waals surface area (Å²) in [6.45, 7) is 4.49. The second kappa shape index (κ2) is 6.56. The summed E-state index contributed by atoms with van der Waals surface area (Å²) in [7, 11) is 1.34. The van der Waals surface area contributed by atoms with Crippen LogP contribution in [0.25, 0.3) is 0 Å². The molecule has 2 rings (SSSR count). The molecule has 2 atom stereocenters. The molecule has 5 heteroatoms. The Morgan fingerprint density at radius 2 is 2.10 bits per heavy atom. The van der Waals surface area contributed by atoms with Gasteiger partial charge in [-0.3, -0.25) is 4.79 Å². The normalized spacial score (nSPS) is 22.0. The van der Waals surface area contributed by atoms with Crippen molar-refractivity contribution in [3.05, 3.63) is 35.4 Å². The van der Waals surface area contributed by atoms with Gasteiger partial charge in [0.25, 0.3) is 0 Å². The lowest BCUT2D eigenvalue weighted by atomic mass is 10.0. The van der Waals surface area contributed by atoms with Gasteiger partial charge in [-0.2, -0.15) is 0 Å². The first-order valence-corrected chi connectivity index (χ1v) is 7.15. The number of esters is 1. The van der Waals surface area contributed by atoms with Crippen LogP contribution in [0.3, 0.4) is 0 Å². The van der Waals surface area contributed by atoms with Crippen LogP contribution >= 0.6 is 0 Å². The number of ether oxygens (including phenoxy) is 3. The van der Waals surface area contributed by atoms with Crippen molar-refractivity contribution in [1.82, 2.24) is 0 Å². The van der Waals surface area contributed by atoms with E-state index in [2.05, 4.69) is 4.74 Å². The summed E-state index contributed by atoms with van der Waals surface area (Å²) in [6, 6.07) is 6.98. The van der Waals surface area contributed by atoms with Crippen LogP contribution in [0, 0.1) is 0 Å². The summed E-state index contributed by atoms with van der Waals surface area (Å²) in [5.41, 5.74) is 7.73. The minimum atomic E-state index is -0.726. The van der Waals surface area contributed by atoms with E-state index in [0.29, 0.717) is 6.61 Å². The number of aryl methyl sites for hydroxylation is 1. The molecule has 1 aromatic rings. The van der Waals surface area contributed by atoms with Gasteiger partial charge in [-0.1, -0.05) is 24.3 Å². The molecule has 0 aliphatic carbocycles. The number of carbonyl (C=O) groups excluding carboxylic acids is 1. The molecule has 0 amide bonds. The number of benzene rings is 1. The van der Waals surface area contributed by atoms with E-state index in [-0.39, 0.29) is 6.10 Å². The van der Waals surface area contributed by atoms with E-state index >= 15 is 0 Å². The van der Waals surface area contributed by atoms with E-state index < -0.39 is 17.8 Å². The Kier molecular flexibility index (Phi) is 4.98. The van der Waals surface area contributed by atoms with Crippen LogP contribution in [0.5, 0.6) is 0 Å². The predicted octanol–water partition coefficient (Wildman–Crippen LogP) is 1.94. The van der Waals surface area contributed by atoms with Crippen molar-refractivity contribution in [3.8, 4) is 0 Å². The van der Waals surface area contributed by atoms with Gasteiger partial charge in [0, 0.05) is 0 Å². The number of rotatable bonds is 5. The smallest absolute Gasteiger partial charge is 0.327 e. The lowest BCUT2D eigenvalue weighted by molar-refractivity contribution is -0.142. The fourth-order valence-corrected chi connectivity index (χ4v) is 2.39. The van der Waals surface area contributed by atoms with E-state index in [1.54, 1.807) is 0 Å². The molecule has 1 heterocycles. The number of carbonyl (C=O) groups is 1. The largest absolute Gasteiger partial charge is 0.468 e. The van der Waals surface area contributed by atoms with Gasteiger partial charge in [-0.25, -0.2) is 0 Å². The first-order valence-electron chi connectivity index (χ1n) is 7.15. The van der Waals surface area contributed by atoms with Crippen molar-refractivity contribution < 1.29 is 19.0 Å². The van der Waals surface area contributed by atoms with Crippen molar-refractivity contribution in [2.75, 3.05) is 13.7 Å². The molecule has 1 aromatic carbocycles. The molecule has 21 heavy (non-hydrogen) atoms. The molecule has 0 bridgehead atoms. The molecule has 1 saturated heterocycles. The van der Waals surface area contributed by atoms with Gasteiger partial charge in [0.1, 0.15) is 6.04 Å². The fourth-order valence-electron chi connectivity index (χ4n) is 2.39. The standard InChI is InChI=1S/C16H23NO4/c1-16(2)20-10-13(21-16)9-6-11-4-7-12(8-5-11)14(17)15(18)19-3/h4-5,7-8,13-14H,6,9-10,17H2,1-3H3/t13?,14-/m0/s1. The minimum absolute atomic E-state index is 0.136. The maximum absolute atomic E-state index is 11.4. The predicted molar refractivity (Wildman–Crippen MR) is 78.6 cm³/mol.